The molecule has 0 radical (unpaired) electrons. The predicted octanol–water partition coefficient (Wildman–Crippen LogP) is 4.65. The van der Waals surface area contributed by atoms with E-state index in [1.807, 2.05) is 0 Å². The van der Waals surface area contributed by atoms with Crippen LogP contribution >= 0.6 is 0 Å². The van der Waals surface area contributed by atoms with Crippen LogP contribution in [0.5, 0.6) is 0 Å². The Kier molecular flexibility index (Phi) is 23.0. The van der Waals surface area contributed by atoms with Crippen LogP contribution in [0, 0.1) is 5.92 Å². The molecular formula is C24H42O8Ti. The Balaban J connectivity index is 0. The van der Waals surface area contributed by atoms with E-state index in [-0.39, 0.29) is 12.0 Å². The summed E-state index contributed by atoms with van der Waals surface area (Å²) in [6.45, 7) is 9.23. The van der Waals surface area contributed by atoms with Crippen LogP contribution in [-0.2, 0) is 45.9 Å². The predicted molar refractivity (Wildman–Crippen MR) is 121 cm³/mol. The van der Waals surface area contributed by atoms with Crippen molar-refractivity contribution in [2.75, 3.05) is 0 Å². The Hall–Kier alpha value is -1.35. The summed E-state index contributed by atoms with van der Waals surface area (Å²) in [5.41, 5.74) is 0.000220. The third kappa shape index (κ3) is 25.1. The number of Topliss-reactive ketones (excluding diaryl/α,β-unsaturated/α-hetero) is 2. The van der Waals surface area contributed by atoms with E-state index >= 15 is 0 Å². The monoisotopic (exact) mass is 506 g/mol. The van der Waals surface area contributed by atoms with Gasteiger partial charge in [-0.15, -0.1) is 0 Å². The molecule has 0 aliphatic heterocycles. The van der Waals surface area contributed by atoms with Gasteiger partial charge in [-0.3, -0.25) is 9.59 Å². The number of rotatable bonds is 18. The second kappa shape index (κ2) is 22.4. The van der Waals surface area contributed by atoms with Crippen LogP contribution in [0.4, 0.5) is 0 Å². The number of ether oxygens (including phenoxy) is 1. The van der Waals surface area contributed by atoms with Crippen molar-refractivity contribution in [3.8, 4) is 0 Å². The average molecular weight is 506 g/mol. The Morgan fingerprint density at radius 1 is 0.758 bits per heavy atom. The fourth-order valence-electron chi connectivity index (χ4n) is 3.05. The van der Waals surface area contributed by atoms with Gasteiger partial charge in [0.15, 0.2) is 0 Å². The van der Waals surface area contributed by atoms with Gasteiger partial charge in [-0.1, -0.05) is 97.5 Å². The van der Waals surface area contributed by atoms with Gasteiger partial charge in [-0.25, -0.2) is 9.59 Å². The van der Waals surface area contributed by atoms with Crippen LogP contribution in [-0.4, -0.2) is 30.9 Å². The van der Waals surface area contributed by atoms with Gasteiger partial charge in [-0.2, -0.15) is 0 Å². The summed E-state index contributed by atoms with van der Waals surface area (Å²) >= 11 is -3.58. The Bertz CT molecular complexity index is 624. The number of unbranched alkanes of at least 4 members (excludes halogenated alkanes) is 11. The number of carbonyl (C=O) groups excluding carboxylic acids is 4. The standard InChI is InChI=1S/C24H40O5.2H2O.O.Ti/c1-19(2)17-15-13-11-9-7-5-6-8-10-12-14-16-18-21(25)22(26)24(28)29-23(27)20(3)4;;;;/h19H,3,5-18H2,1-2,4H3;2*1H2;;/q;;;;+2/p-2. The maximum atomic E-state index is 11.7. The van der Waals surface area contributed by atoms with Gasteiger partial charge in [0.05, 0.1) is 0 Å². The van der Waals surface area contributed by atoms with Gasteiger partial charge >= 0.3 is 47.0 Å². The van der Waals surface area contributed by atoms with E-state index in [9.17, 15) is 19.2 Å². The first kappa shape index (κ1) is 33.8. The maximum absolute atomic E-state index is 11.7. The zero-order valence-corrected chi connectivity index (χ0v) is 22.1. The molecule has 0 aromatic heterocycles. The summed E-state index contributed by atoms with van der Waals surface area (Å²) < 4.78 is 27.5. The van der Waals surface area contributed by atoms with Crippen LogP contribution in [0.15, 0.2) is 12.2 Å². The molecule has 0 rings (SSSR count). The van der Waals surface area contributed by atoms with Crippen molar-refractivity contribution >= 4 is 23.5 Å². The Labute approximate surface area is 205 Å². The molecular weight excluding hydrogens is 464 g/mol. The zero-order chi connectivity index (χ0) is 25.6. The molecule has 0 aliphatic rings. The minimum absolute atomic E-state index is 0.000220. The fraction of sp³-hybridized carbons (Fsp3) is 0.750. The summed E-state index contributed by atoms with van der Waals surface area (Å²) in [5, 5.41) is 0. The van der Waals surface area contributed by atoms with Gasteiger partial charge in [-0.05, 0) is 19.3 Å². The minimum atomic E-state index is -3.58. The second-order valence-electron chi connectivity index (χ2n) is 8.67. The molecule has 33 heavy (non-hydrogen) atoms. The van der Waals surface area contributed by atoms with E-state index in [1.54, 1.807) is 0 Å². The number of esters is 2. The number of carbonyl (C=O) groups is 4. The quantitative estimate of drug-likeness (QED) is 0.0685. The van der Waals surface area contributed by atoms with Crippen LogP contribution < -0.4 is 0 Å². The SMILES string of the molecule is C=C(C)C(=O)OC(=O)C(=O)C(=O)CCCCCCCCCCCCCCC(C)C.[O]=[Ti]([OH])[OH]. The molecule has 0 unspecified atom stereocenters. The van der Waals surface area contributed by atoms with Crippen LogP contribution in [0.2, 0.25) is 0 Å². The molecule has 9 heteroatoms. The molecule has 0 aromatic carbocycles. The molecule has 0 aromatic rings. The zero-order valence-electron chi connectivity index (χ0n) is 20.5. The molecule has 0 bridgehead atoms. The fourth-order valence-corrected chi connectivity index (χ4v) is 3.05. The molecule has 0 aliphatic carbocycles. The molecule has 190 valence electrons. The second-order valence-corrected chi connectivity index (χ2v) is 9.55. The molecule has 0 amide bonds. The Morgan fingerprint density at radius 3 is 1.48 bits per heavy atom. The molecule has 0 atom stereocenters. The topological polar surface area (TPSA) is 135 Å². The van der Waals surface area contributed by atoms with E-state index < -0.39 is 42.1 Å². The van der Waals surface area contributed by atoms with Gasteiger partial charge in [0.25, 0.3) is 0 Å². The summed E-state index contributed by atoms with van der Waals surface area (Å²) in [4.78, 5) is 45.8. The van der Waals surface area contributed by atoms with E-state index in [0.717, 1.165) is 25.2 Å². The molecule has 2 N–H and O–H groups in total. The summed E-state index contributed by atoms with van der Waals surface area (Å²) in [6.07, 6.45) is 15.4. The molecule has 0 heterocycles. The number of hydrogen-bond donors (Lipinski definition) is 2. The van der Waals surface area contributed by atoms with E-state index in [2.05, 4.69) is 25.2 Å². The van der Waals surface area contributed by atoms with Crippen molar-refractivity contribution in [3.05, 3.63) is 12.2 Å². The summed E-state index contributed by atoms with van der Waals surface area (Å²) in [6, 6.07) is 0. The van der Waals surface area contributed by atoms with E-state index in [4.69, 9.17) is 10.7 Å². The summed E-state index contributed by atoms with van der Waals surface area (Å²) in [5.74, 6) is -3.63. The molecule has 0 saturated heterocycles. The molecule has 0 fully saturated rings. The third-order valence-corrected chi connectivity index (χ3v) is 4.91. The van der Waals surface area contributed by atoms with Crippen molar-refractivity contribution in [2.45, 2.75) is 111 Å². The van der Waals surface area contributed by atoms with Gasteiger partial charge in [0.2, 0.25) is 5.78 Å². The third-order valence-electron chi connectivity index (χ3n) is 4.91. The van der Waals surface area contributed by atoms with Crippen LogP contribution in [0.25, 0.3) is 0 Å². The van der Waals surface area contributed by atoms with Crippen molar-refractivity contribution in [3.63, 3.8) is 0 Å². The molecule has 8 nitrogen and oxygen atoms in total. The van der Waals surface area contributed by atoms with E-state index in [0.29, 0.717) is 6.42 Å². The first-order valence-corrected chi connectivity index (χ1v) is 13.9. The molecule has 0 saturated carbocycles. The van der Waals surface area contributed by atoms with E-state index in [1.165, 1.54) is 64.7 Å². The van der Waals surface area contributed by atoms with Gasteiger partial charge in [0, 0.05) is 12.0 Å². The van der Waals surface area contributed by atoms with Gasteiger partial charge in [0.1, 0.15) is 0 Å². The van der Waals surface area contributed by atoms with Crippen molar-refractivity contribution in [1.82, 2.24) is 0 Å². The van der Waals surface area contributed by atoms with Crippen molar-refractivity contribution in [2.24, 2.45) is 5.92 Å². The molecule has 0 spiro atoms. The van der Waals surface area contributed by atoms with Crippen molar-refractivity contribution in [1.29, 1.82) is 0 Å². The van der Waals surface area contributed by atoms with Crippen LogP contribution in [0.3, 0.4) is 0 Å². The first-order chi connectivity index (χ1) is 15.5. The Morgan fingerprint density at radius 2 is 1.12 bits per heavy atom. The number of ketones is 2. The number of hydrogen-bond acceptors (Lipinski definition) is 6. The first-order valence-electron chi connectivity index (χ1n) is 11.9. The van der Waals surface area contributed by atoms with Gasteiger partial charge < -0.3 is 4.74 Å². The summed E-state index contributed by atoms with van der Waals surface area (Å²) in [7, 11) is 0. The average Bonchev–Trinajstić information content (AvgIpc) is 2.72. The van der Waals surface area contributed by atoms with Crippen molar-refractivity contribution < 1.29 is 53.2 Å². The van der Waals surface area contributed by atoms with Crippen LogP contribution in [0.1, 0.15) is 111 Å². The normalized spacial score (nSPS) is 10.2.